The summed E-state index contributed by atoms with van der Waals surface area (Å²) in [5.74, 6) is -0.801. The highest BCUT2D eigenvalue weighted by Gasteiger charge is 2.30. The first kappa shape index (κ1) is 20.9. The smallest absolute Gasteiger partial charge is 0.337 e. The Kier molecular flexibility index (Phi) is 6.35. The number of alkyl halides is 3. The first-order chi connectivity index (χ1) is 14.3. The number of carbonyl (C=O) groups is 2. The van der Waals surface area contributed by atoms with Crippen molar-refractivity contribution in [1.29, 1.82) is 0 Å². The number of nitrogens with zero attached hydrogens (tertiary/aromatic N) is 2. The first-order valence-electron chi connectivity index (χ1n) is 8.90. The highest BCUT2D eigenvalue weighted by atomic mass is 19.4. The van der Waals surface area contributed by atoms with Gasteiger partial charge in [-0.1, -0.05) is 12.1 Å². The molecule has 0 aliphatic carbocycles. The van der Waals surface area contributed by atoms with Crippen LogP contribution in [-0.4, -0.2) is 21.4 Å². The monoisotopic (exact) mass is 417 g/mol. The Morgan fingerprint density at radius 2 is 1.80 bits per heavy atom. The molecule has 156 valence electrons. The van der Waals surface area contributed by atoms with E-state index in [2.05, 4.69) is 21.2 Å². The molecule has 7 nitrogen and oxygen atoms in total. The number of aromatic nitrogens is 2. The van der Waals surface area contributed by atoms with Crippen molar-refractivity contribution in [2.45, 2.75) is 19.1 Å². The van der Waals surface area contributed by atoms with Crippen molar-refractivity contribution in [3.63, 3.8) is 0 Å². The predicted molar refractivity (Wildman–Crippen MR) is 104 cm³/mol. The van der Waals surface area contributed by atoms with E-state index in [1.54, 1.807) is 35.4 Å². The summed E-state index contributed by atoms with van der Waals surface area (Å²) in [7, 11) is 0. The van der Waals surface area contributed by atoms with E-state index in [9.17, 15) is 22.8 Å². The van der Waals surface area contributed by atoms with E-state index < -0.39 is 17.6 Å². The fourth-order valence-corrected chi connectivity index (χ4v) is 2.59. The van der Waals surface area contributed by atoms with Crippen LogP contribution in [0.3, 0.4) is 0 Å². The molecule has 3 aromatic rings. The van der Waals surface area contributed by atoms with Crippen LogP contribution in [0.15, 0.2) is 67.3 Å². The van der Waals surface area contributed by atoms with Crippen LogP contribution in [0, 0.1) is 0 Å². The van der Waals surface area contributed by atoms with E-state index in [0.29, 0.717) is 12.2 Å². The molecule has 0 spiro atoms. The number of hydrazine groups is 1. The standard InChI is InChI=1S/C20H18F3N5O2/c21-20(22,23)15-4-2-6-17(12-15)26-27-19(30)14-3-1-5-16(11-14)25-18(29)7-9-28-10-8-24-13-28/h1-6,8,10-13,26H,7,9H2,(H,25,29)(H,27,30). The SMILES string of the molecule is O=C(CCn1ccnc1)Nc1cccc(C(=O)NNc2cccc(C(F)(F)F)c2)c1. The number of halogens is 3. The summed E-state index contributed by atoms with van der Waals surface area (Å²) in [6.45, 7) is 0.465. The van der Waals surface area contributed by atoms with Crippen LogP contribution in [0.4, 0.5) is 24.5 Å². The topological polar surface area (TPSA) is 88.0 Å². The van der Waals surface area contributed by atoms with Crippen molar-refractivity contribution < 1.29 is 22.8 Å². The molecule has 0 aliphatic heterocycles. The highest BCUT2D eigenvalue weighted by molar-refractivity contribution is 5.97. The molecular weight excluding hydrogens is 399 g/mol. The number of benzene rings is 2. The number of hydrogen-bond acceptors (Lipinski definition) is 4. The van der Waals surface area contributed by atoms with Gasteiger partial charge in [-0.2, -0.15) is 13.2 Å². The van der Waals surface area contributed by atoms with Crippen LogP contribution < -0.4 is 16.2 Å². The Labute approximate surface area is 169 Å². The van der Waals surface area contributed by atoms with Gasteiger partial charge in [0.25, 0.3) is 5.91 Å². The van der Waals surface area contributed by atoms with Crippen molar-refractivity contribution >= 4 is 23.2 Å². The molecule has 0 radical (unpaired) electrons. The number of imidazole rings is 1. The molecule has 0 fully saturated rings. The average molecular weight is 417 g/mol. The van der Waals surface area contributed by atoms with Crippen LogP contribution in [0.5, 0.6) is 0 Å². The van der Waals surface area contributed by atoms with Crippen molar-refractivity contribution in [1.82, 2.24) is 15.0 Å². The van der Waals surface area contributed by atoms with Crippen LogP contribution in [0.2, 0.25) is 0 Å². The zero-order valence-corrected chi connectivity index (χ0v) is 15.6. The van der Waals surface area contributed by atoms with Crippen molar-refractivity contribution in [2.75, 3.05) is 10.7 Å². The Bertz CT molecular complexity index is 1020. The van der Waals surface area contributed by atoms with Crippen LogP contribution in [-0.2, 0) is 17.5 Å². The minimum atomic E-state index is -4.48. The van der Waals surface area contributed by atoms with Crippen LogP contribution >= 0.6 is 0 Å². The van der Waals surface area contributed by atoms with Gasteiger partial charge in [0.05, 0.1) is 17.6 Å². The van der Waals surface area contributed by atoms with Gasteiger partial charge in [0.15, 0.2) is 0 Å². The average Bonchev–Trinajstić information content (AvgIpc) is 3.24. The maximum absolute atomic E-state index is 12.8. The minimum absolute atomic E-state index is 0.0853. The van der Waals surface area contributed by atoms with Crippen LogP contribution in [0.25, 0.3) is 0 Å². The zero-order chi connectivity index (χ0) is 21.6. The number of nitrogens with one attached hydrogen (secondary N) is 3. The van der Waals surface area contributed by atoms with E-state index in [0.717, 1.165) is 12.1 Å². The molecule has 10 heteroatoms. The number of hydrogen-bond donors (Lipinski definition) is 3. The number of amides is 2. The Morgan fingerprint density at radius 1 is 1.03 bits per heavy atom. The summed E-state index contributed by atoms with van der Waals surface area (Å²) in [5, 5.41) is 2.70. The van der Waals surface area contributed by atoms with Gasteiger partial charge in [-0.05, 0) is 36.4 Å². The van der Waals surface area contributed by atoms with Gasteiger partial charge in [-0.15, -0.1) is 0 Å². The Morgan fingerprint density at radius 3 is 2.53 bits per heavy atom. The van der Waals surface area contributed by atoms with Gasteiger partial charge in [-0.25, -0.2) is 4.98 Å². The molecule has 0 saturated carbocycles. The van der Waals surface area contributed by atoms with E-state index >= 15 is 0 Å². The molecule has 0 aliphatic rings. The largest absolute Gasteiger partial charge is 0.416 e. The lowest BCUT2D eigenvalue weighted by Gasteiger charge is -2.12. The number of aryl methyl sites for hydroxylation is 1. The third-order valence-electron chi connectivity index (χ3n) is 4.08. The molecule has 0 atom stereocenters. The lowest BCUT2D eigenvalue weighted by molar-refractivity contribution is -0.137. The summed E-state index contributed by atoms with van der Waals surface area (Å²) >= 11 is 0. The molecular formula is C20H18F3N5O2. The van der Waals surface area contributed by atoms with Crippen molar-refractivity contribution in [3.8, 4) is 0 Å². The van der Waals surface area contributed by atoms with E-state index in [-0.39, 0.29) is 23.6 Å². The quantitative estimate of drug-likeness (QED) is 0.512. The zero-order valence-electron chi connectivity index (χ0n) is 15.6. The highest BCUT2D eigenvalue weighted by Crippen LogP contribution is 2.30. The molecule has 3 rings (SSSR count). The van der Waals surface area contributed by atoms with E-state index in [4.69, 9.17) is 0 Å². The molecule has 0 bridgehead atoms. The molecule has 2 aromatic carbocycles. The van der Waals surface area contributed by atoms with E-state index in [1.165, 1.54) is 24.3 Å². The van der Waals surface area contributed by atoms with E-state index in [1.807, 2.05) is 0 Å². The summed E-state index contributed by atoms with van der Waals surface area (Å²) in [5.41, 5.74) is 4.70. The molecule has 0 saturated heterocycles. The normalized spacial score (nSPS) is 11.0. The second-order valence-electron chi connectivity index (χ2n) is 6.34. The predicted octanol–water partition coefficient (Wildman–Crippen LogP) is 3.69. The first-order valence-corrected chi connectivity index (χ1v) is 8.90. The number of carbonyl (C=O) groups excluding carboxylic acids is 2. The summed E-state index contributed by atoms with van der Waals surface area (Å²) in [6.07, 6.45) is 0.717. The molecule has 2 amide bonds. The van der Waals surface area contributed by atoms with Gasteiger partial charge < -0.3 is 9.88 Å². The molecule has 1 aromatic heterocycles. The summed E-state index contributed by atoms with van der Waals surface area (Å²) < 4.78 is 40.0. The van der Waals surface area contributed by atoms with Gasteiger partial charge in [0, 0.05) is 36.6 Å². The molecule has 1 heterocycles. The Hall–Kier alpha value is -3.82. The van der Waals surface area contributed by atoms with Crippen molar-refractivity contribution in [3.05, 3.63) is 78.4 Å². The van der Waals surface area contributed by atoms with Crippen molar-refractivity contribution in [2.24, 2.45) is 0 Å². The third kappa shape index (κ3) is 5.84. The molecule has 30 heavy (non-hydrogen) atoms. The lowest BCUT2D eigenvalue weighted by atomic mass is 10.2. The maximum Gasteiger partial charge on any atom is 0.416 e. The molecule has 0 unspecified atom stereocenters. The van der Waals surface area contributed by atoms with Crippen LogP contribution in [0.1, 0.15) is 22.3 Å². The van der Waals surface area contributed by atoms with Gasteiger partial charge in [0.2, 0.25) is 5.91 Å². The molecule has 3 N–H and O–H groups in total. The number of anilines is 2. The minimum Gasteiger partial charge on any atom is -0.337 e. The maximum atomic E-state index is 12.8. The summed E-state index contributed by atoms with van der Waals surface area (Å²) in [4.78, 5) is 28.3. The van der Waals surface area contributed by atoms with Gasteiger partial charge >= 0.3 is 6.18 Å². The number of rotatable bonds is 7. The fourth-order valence-electron chi connectivity index (χ4n) is 2.59. The summed E-state index contributed by atoms with van der Waals surface area (Å²) in [6, 6.07) is 10.7. The Balaban J connectivity index is 1.56. The van der Waals surface area contributed by atoms with Gasteiger partial charge in [-0.3, -0.25) is 20.4 Å². The fraction of sp³-hybridized carbons (Fsp3) is 0.150. The second-order valence-corrected chi connectivity index (χ2v) is 6.34. The second kappa shape index (κ2) is 9.12. The van der Waals surface area contributed by atoms with Gasteiger partial charge in [0.1, 0.15) is 0 Å². The third-order valence-corrected chi connectivity index (χ3v) is 4.08. The lowest BCUT2D eigenvalue weighted by Crippen LogP contribution is -2.29.